The monoisotopic (exact) mass is 676 g/mol. The summed E-state index contributed by atoms with van der Waals surface area (Å²) < 4.78 is 54.1. The minimum absolute atomic E-state index is 0.0308. The van der Waals surface area contributed by atoms with Gasteiger partial charge in [0.25, 0.3) is 5.91 Å². The predicted molar refractivity (Wildman–Crippen MR) is 170 cm³/mol. The summed E-state index contributed by atoms with van der Waals surface area (Å²) in [4.78, 5) is 14.9. The molecular weight excluding hydrogens is 642 g/mol. The Morgan fingerprint density at radius 2 is 1.84 bits per heavy atom. The first-order valence-electron chi connectivity index (χ1n) is 15.5. The Labute approximate surface area is 271 Å². The zero-order valence-electron chi connectivity index (χ0n) is 24.8. The average molecular weight is 678 g/mol. The number of hydrogen-bond donors (Lipinski definition) is 2. The maximum Gasteiger partial charge on any atom is 0.267 e. The van der Waals surface area contributed by atoms with Gasteiger partial charge in [-0.05, 0) is 93.3 Å². The number of nitrogens with one attached hydrogen (secondary N) is 2. The minimum atomic E-state index is -3.93. The molecule has 2 N–H and O–H groups in total. The number of rotatable bonds is 9. The molecule has 2 saturated carbocycles. The molecule has 0 spiro atoms. The molecule has 3 heterocycles. The van der Waals surface area contributed by atoms with Crippen molar-refractivity contribution in [1.29, 1.82) is 0 Å². The molecule has 1 amide bonds. The van der Waals surface area contributed by atoms with E-state index in [2.05, 4.69) is 26.7 Å². The van der Waals surface area contributed by atoms with E-state index in [1.54, 1.807) is 6.07 Å². The van der Waals surface area contributed by atoms with E-state index >= 15 is 4.39 Å². The summed E-state index contributed by atoms with van der Waals surface area (Å²) in [7, 11) is -3.93. The van der Waals surface area contributed by atoms with Gasteiger partial charge in [0.1, 0.15) is 5.82 Å². The van der Waals surface area contributed by atoms with E-state index in [-0.39, 0.29) is 29.7 Å². The average Bonchev–Trinajstić information content (AvgIpc) is 3.49. The quantitative estimate of drug-likeness (QED) is 0.277. The third kappa shape index (κ3) is 6.10. The van der Waals surface area contributed by atoms with Gasteiger partial charge in [0.15, 0.2) is 0 Å². The van der Waals surface area contributed by atoms with Crippen LogP contribution in [0.4, 0.5) is 10.1 Å². The number of ether oxygens (including phenoxy) is 2. The molecule has 240 valence electrons. The molecule has 0 radical (unpaired) electrons. The molecule has 4 aliphatic rings. The molecule has 45 heavy (non-hydrogen) atoms. The van der Waals surface area contributed by atoms with Crippen molar-refractivity contribution < 1.29 is 27.1 Å². The number of aromatic amines is 1. The van der Waals surface area contributed by atoms with Crippen LogP contribution in [0, 0.1) is 11.7 Å². The van der Waals surface area contributed by atoms with Crippen molar-refractivity contribution >= 4 is 44.8 Å². The fourth-order valence-electron chi connectivity index (χ4n) is 7.27. The van der Waals surface area contributed by atoms with Crippen LogP contribution >= 0.6 is 23.2 Å². The van der Waals surface area contributed by atoms with Crippen LogP contribution < -0.4 is 9.62 Å². The number of fused-ring (bicyclic) bond motifs is 2. The van der Waals surface area contributed by atoms with Crippen LogP contribution in [0.2, 0.25) is 10.0 Å². The van der Waals surface area contributed by atoms with E-state index in [1.807, 2.05) is 18.2 Å². The van der Waals surface area contributed by atoms with Gasteiger partial charge in [-0.25, -0.2) is 17.5 Å². The van der Waals surface area contributed by atoms with Crippen LogP contribution in [0.5, 0.6) is 0 Å². The normalized spacial score (nSPS) is 25.2. The summed E-state index contributed by atoms with van der Waals surface area (Å²) in [5, 5.41) is 7.95. The molecule has 13 heteroatoms. The lowest BCUT2D eigenvalue weighted by Gasteiger charge is -2.38. The molecule has 2 aromatic carbocycles. The summed E-state index contributed by atoms with van der Waals surface area (Å²) in [6.45, 7) is 3.09. The van der Waals surface area contributed by atoms with Gasteiger partial charge in [-0.15, -0.1) is 0 Å². The highest BCUT2D eigenvalue weighted by molar-refractivity contribution is 7.90. The Morgan fingerprint density at radius 1 is 1.11 bits per heavy atom. The second-order valence-electron chi connectivity index (χ2n) is 12.7. The van der Waals surface area contributed by atoms with Gasteiger partial charge in [-0.2, -0.15) is 5.10 Å². The lowest BCUT2D eigenvalue weighted by Crippen LogP contribution is -2.45. The van der Waals surface area contributed by atoms with Crippen LogP contribution in [0.25, 0.3) is 11.3 Å². The van der Waals surface area contributed by atoms with Crippen molar-refractivity contribution in [2.24, 2.45) is 5.92 Å². The van der Waals surface area contributed by atoms with Crippen LogP contribution in [0.15, 0.2) is 36.4 Å². The molecule has 2 aliphatic heterocycles. The highest BCUT2D eigenvalue weighted by atomic mass is 35.5. The Balaban J connectivity index is 0.969. The van der Waals surface area contributed by atoms with E-state index in [0.29, 0.717) is 65.6 Å². The van der Waals surface area contributed by atoms with Gasteiger partial charge in [-0.3, -0.25) is 9.89 Å². The van der Waals surface area contributed by atoms with Crippen LogP contribution in [0.1, 0.15) is 73.0 Å². The number of anilines is 1. The number of amides is 1. The van der Waals surface area contributed by atoms with E-state index in [4.69, 9.17) is 32.7 Å². The highest BCUT2D eigenvalue weighted by Crippen LogP contribution is 2.47. The number of halogens is 3. The Bertz CT molecular complexity index is 1700. The number of hydrogen-bond acceptors (Lipinski definition) is 7. The molecule has 0 unspecified atom stereocenters. The first kappa shape index (κ1) is 30.9. The second kappa shape index (κ2) is 12.2. The number of aromatic nitrogens is 2. The van der Waals surface area contributed by atoms with E-state index in [9.17, 15) is 13.2 Å². The molecule has 4 atom stereocenters. The molecule has 7 rings (SSSR count). The van der Waals surface area contributed by atoms with E-state index in [1.165, 1.54) is 30.5 Å². The lowest BCUT2D eigenvalue weighted by molar-refractivity contribution is 0.00258. The second-order valence-corrected chi connectivity index (χ2v) is 15.4. The summed E-state index contributed by atoms with van der Waals surface area (Å²) in [5.41, 5.74) is 3.76. The van der Waals surface area contributed by atoms with Gasteiger partial charge < -0.3 is 14.4 Å². The zero-order chi connectivity index (χ0) is 31.5. The maximum absolute atomic E-state index is 15.2. The lowest BCUT2D eigenvalue weighted by atomic mass is 9.96. The van der Waals surface area contributed by atoms with Crippen molar-refractivity contribution in [2.45, 2.75) is 81.4 Å². The standard InChI is InChI=1S/C32H35Cl2FN4O5S/c1-17-25-13-22(39(17)21-4-5-24(28(35)14-21)32(40)38-45(41,42)23-6-8-43-9-7-23)15-30(25)44-16-20-12-29(37-36-20)31-26(33)10-19(11-27(31)34)18-2-3-18/h4-5,10-12,14,17-18,22-23,25,30H,2-3,6-9,13,15-16H2,1H3,(H,36,37)(H,38,40)/t17-,22+,25+,30-/m1/s1. The topological polar surface area (TPSA) is 114 Å². The number of benzene rings is 2. The maximum atomic E-state index is 15.2. The fraction of sp³-hybridized carbons (Fsp3) is 0.500. The third-order valence-electron chi connectivity index (χ3n) is 9.77. The number of H-pyrrole nitrogens is 1. The van der Waals surface area contributed by atoms with Gasteiger partial charge >= 0.3 is 0 Å². The van der Waals surface area contributed by atoms with Crippen molar-refractivity contribution in [3.63, 3.8) is 0 Å². The SMILES string of the molecule is C[C@@H]1[C@@H]2C[C@@H](C[C@H]2OCc2cc(-c3c(Cl)cc(C4CC4)cc3Cl)n[nH]2)N1c1ccc(C(=O)NS(=O)(=O)C2CCOCC2)c(F)c1. The zero-order valence-corrected chi connectivity index (χ0v) is 27.1. The fourth-order valence-corrected chi connectivity index (χ4v) is 9.31. The van der Waals surface area contributed by atoms with Crippen LogP contribution in [0.3, 0.4) is 0 Å². The number of sulfonamides is 1. The Hall–Kier alpha value is -2.70. The highest BCUT2D eigenvalue weighted by Gasteiger charge is 2.50. The number of piperidine rings is 1. The van der Waals surface area contributed by atoms with Crippen molar-refractivity contribution in [2.75, 3.05) is 18.1 Å². The van der Waals surface area contributed by atoms with E-state index in [0.717, 1.165) is 18.5 Å². The number of carbonyl (C=O) groups is 1. The van der Waals surface area contributed by atoms with Crippen molar-refractivity contribution in [1.82, 2.24) is 14.9 Å². The van der Waals surface area contributed by atoms with E-state index < -0.39 is 27.0 Å². The predicted octanol–water partition coefficient (Wildman–Crippen LogP) is 6.21. The molecule has 2 bridgehead atoms. The largest absolute Gasteiger partial charge is 0.381 e. The molecule has 2 saturated heterocycles. The molecule has 1 aromatic heterocycles. The first-order chi connectivity index (χ1) is 21.6. The van der Waals surface area contributed by atoms with Crippen LogP contribution in [-0.4, -0.2) is 61.2 Å². The van der Waals surface area contributed by atoms with Gasteiger partial charge in [0.05, 0.1) is 45.0 Å². The molecule has 2 aliphatic carbocycles. The smallest absolute Gasteiger partial charge is 0.267 e. The summed E-state index contributed by atoms with van der Waals surface area (Å²) in [5.74, 6) is -0.924. The third-order valence-corrected chi connectivity index (χ3v) is 12.2. The Kier molecular flexibility index (Phi) is 8.35. The molecule has 3 aromatic rings. The first-order valence-corrected chi connectivity index (χ1v) is 17.8. The summed E-state index contributed by atoms with van der Waals surface area (Å²) >= 11 is 13.2. The van der Waals surface area contributed by atoms with Gasteiger partial charge in [0, 0.05) is 42.5 Å². The van der Waals surface area contributed by atoms with Gasteiger partial charge in [-0.1, -0.05) is 23.2 Å². The van der Waals surface area contributed by atoms with Gasteiger partial charge in [0.2, 0.25) is 10.0 Å². The number of carbonyl (C=O) groups excluding carboxylic acids is 1. The number of nitrogens with zero attached hydrogens (tertiary/aromatic N) is 2. The summed E-state index contributed by atoms with van der Waals surface area (Å²) in [6.07, 6.45) is 4.65. The molecule has 9 nitrogen and oxygen atoms in total. The minimum Gasteiger partial charge on any atom is -0.381 e. The van der Waals surface area contributed by atoms with Crippen molar-refractivity contribution in [3.8, 4) is 11.3 Å². The van der Waals surface area contributed by atoms with Crippen molar-refractivity contribution in [3.05, 3.63) is 69.1 Å². The molecule has 4 fully saturated rings. The van der Waals surface area contributed by atoms with Crippen LogP contribution in [-0.2, 0) is 26.1 Å². The Morgan fingerprint density at radius 3 is 2.51 bits per heavy atom. The molecular formula is C32H35Cl2FN4O5S. The summed E-state index contributed by atoms with van der Waals surface area (Å²) in [6, 6.07) is 10.5.